The van der Waals surface area contributed by atoms with E-state index in [9.17, 15) is 0 Å². The molecule has 0 bridgehead atoms. The molecule has 0 amide bonds. The number of ether oxygens (including phenoxy) is 4. The molecule has 5 aromatic rings. The second-order valence-corrected chi connectivity index (χ2v) is 6.91. The number of benzene rings is 2. The second kappa shape index (κ2) is 8.81. The molecule has 3 heterocycles. The number of hydrogen-bond donors (Lipinski definition) is 1. The first-order chi connectivity index (χ1) is 15.8. The molecule has 0 radical (unpaired) electrons. The van der Waals surface area contributed by atoms with Crippen LogP contribution in [0.2, 0.25) is 0 Å². The number of fused-ring (bicyclic) bond motifs is 2. The molecule has 0 aliphatic rings. The molecule has 0 atom stereocenters. The van der Waals surface area contributed by atoms with Crippen LogP contribution in [-0.2, 0) is 0 Å². The van der Waals surface area contributed by atoms with E-state index in [0.717, 1.165) is 22.0 Å². The minimum absolute atomic E-state index is 0.343. The summed E-state index contributed by atoms with van der Waals surface area (Å²) in [6.45, 7) is 0.723. The lowest BCUT2D eigenvalue weighted by Crippen LogP contribution is -2.09. The molecule has 1 N–H and O–H groups in total. The Morgan fingerprint density at radius 1 is 0.844 bits per heavy atom. The summed E-state index contributed by atoms with van der Waals surface area (Å²) in [4.78, 5) is 15.8. The van der Waals surface area contributed by atoms with Crippen LogP contribution in [0.4, 0.5) is 0 Å². The van der Waals surface area contributed by atoms with E-state index in [1.807, 2.05) is 42.6 Å². The maximum Gasteiger partial charge on any atom is 0.230 e. The fraction of sp³-hybridized carbons (Fsp3) is 0.125. The Kier molecular flexibility index (Phi) is 5.40. The monoisotopic (exact) mass is 428 g/mol. The lowest BCUT2D eigenvalue weighted by molar-refractivity contribution is 0.211. The van der Waals surface area contributed by atoms with Gasteiger partial charge in [0.25, 0.3) is 0 Å². The van der Waals surface area contributed by atoms with Crippen LogP contribution in [0.15, 0.2) is 73.4 Å². The third-order valence-corrected chi connectivity index (χ3v) is 4.88. The van der Waals surface area contributed by atoms with E-state index in [1.165, 1.54) is 6.33 Å². The topological polar surface area (TPSA) is 91.4 Å². The number of hydrogen-bond acceptors (Lipinski definition) is 7. The number of aromatic nitrogens is 4. The van der Waals surface area contributed by atoms with Gasteiger partial charge in [0.05, 0.1) is 18.0 Å². The van der Waals surface area contributed by atoms with Crippen molar-refractivity contribution in [2.75, 3.05) is 20.3 Å². The van der Waals surface area contributed by atoms with Gasteiger partial charge in [-0.3, -0.25) is 4.98 Å². The van der Waals surface area contributed by atoms with Crippen molar-refractivity contribution in [1.29, 1.82) is 0 Å². The zero-order valence-corrected chi connectivity index (χ0v) is 17.3. The molecule has 0 saturated heterocycles. The lowest BCUT2D eigenvalue weighted by atomic mass is 10.2. The summed E-state index contributed by atoms with van der Waals surface area (Å²) in [5.41, 5.74) is 1.73. The molecular formula is C24H20N4O4. The smallest absolute Gasteiger partial charge is 0.230 e. The number of aromatic amines is 1. The fourth-order valence-corrected chi connectivity index (χ4v) is 3.35. The average Bonchev–Trinajstić information content (AvgIpc) is 3.30. The van der Waals surface area contributed by atoms with Gasteiger partial charge in [-0.25, -0.2) is 9.97 Å². The quantitative estimate of drug-likeness (QED) is 0.356. The molecule has 3 aromatic heterocycles. The lowest BCUT2D eigenvalue weighted by Gasteiger charge is -2.14. The first kappa shape index (κ1) is 19.6. The third kappa shape index (κ3) is 4.11. The Morgan fingerprint density at radius 3 is 2.59 bits per heavy atom. The van der Waals surface area contributed by atoms with Crippen LogP contribution in [0.5, 0.6) is 28.9 Å². The third-order valence-electron chi connectivity index (χ3n) is 4.88. The molecule has 5 rings (SSSR count). The van der Waals surface area contributed by atoms with Crippen molar-refractivity contribution >= 4 is 21.8 Å². The first-order valence-corrected chi connectivity index (χ1v) is 10.0. The standard InChI is InChI=1S/C24H20N4O4/c1-29-22-13-19-21(14-23(22)31-11-10-30-17-5-7-25-8-6-17)27-15-28-24(19)32-18-2-3-20-16(12-18)4-9-26-20/h2-9,12-15,26H,10-11H2,1H3. The van der Waals surface area contributed by atoms with E-state index >= 15 is 0 Å². The summed E-state index contributed by atoms with van der Waals surface area (Å²) < 4.78 is 23.1. The van der Waals surface area contributed by atoms with Crippen LogP contribution in [0, 0.1) is 0 Å². The van der Waals surface area contributed by atoms with Gasteiger partial charge in [0, 0.05) is 35.6 Å². The van der Waals surface area contributed by atoms with Crippen LogP contribution < -0.4 is 18.9 Å². The van der Waals surface area contributed by atoms with Gasteiger partial charge >= 0.3 is 0 Å². The summed E-state index contributed by atoms with van der Waals surface area (Å²) in [7, 11) is 1.59. The van der Waals surface area contributed by atoms with E-state index in [2.05, 4.69) is 19.9 Å². The number of nitrogens with one attached hydrogen (secondary N) is 1. The number of methoxy groups -OCH3 is 1. The molecule has 32 heavy (non-hydrogen) atoms. The van der Waals surface area contributed by atoms with E-state index < -0.39 is 0 Å². The highest BCUT2D eigenvalue weighted by Gasteiger charge is 2.13. The van der Waals surface area contributed by atoms with Crippen molar-refractivity contribution in [3.8, 4) is 28.9 Å². The number of pyridine rings is 1. The second-order valence-electron chi connectivity index (χ2n) is 6.91. The van der Waals surface area contributed by atoms with Crippen molar-refractivity contribution in [3.05, 3.63) is 73.4 Å². The number of H-pyrrole nitrogens is 1. The van der Waals surface area contributed by atoms with Crippen molar-refractivity contribution < 1.29 is 18.9 Å². The van der Waals surface area contributed by atoms with Gasteiger partial charge < -0.3 is 23.9 Å². The predicted octanol–water partition coefficient (Wildman–Crippen LogP) is 4.76. The highest BCUT2D eigenvalue weighted by atomic mass is 16.5. The summed E-state index contributed by atoms with van der Waals surface area (Å²) in [5.74, 6) is 2.99. The van der Waals surface area contributed by atoms with Crippen molar-refractivity contribution in [1.82, 2.24) is 19.9 Å². The van der Waals surface area contributed by atoms with Crippen LogP contribution in [0.1, 0.15) is 0 Å². The molecule has 0 spiro atoms. The largest absolute Gasteiger partial charge is 0.493 e. The molecule has 0 aliphatic heterocycles. The van der Waals surface area contributed by atoms with Crippen molar-refractivity contribution in [3.63, 3.8) is 0 Å². The molecule has 0 unspecified atom stereocenters. The zero-order valence-electron chi connectivity index (χ0n) is 17.3. The van der Waals surface area contributed by atoms with Gasteiger partial charge in [-0.1, -0.05) is 0 Å². The fourth-order valence-electron chi connectivity index (χ4n) is 3.35. The molecule has 2 aromatic carbocycles. The summed E-state index contributed by atoms with van der Waals surface area (Å²) >= 11 is 0. The SMILES string of the molecule is COc1cc2c(Oc3ccc4[nH]ccc4c3)ncnc2cc1OCCOc1ccncc1. The Morgan fingerprint density at radius 2 is 1.72 bits per heavy atom. The van der Waals surface area contributed by atoms with Crippen LogP contribution in [0.3, 0.4) is 0 Å². The summed E-state index contributed by atoms with van der Waals surface area (Å²) in [6.07, 6.45) is 6.72. The van der Waals surface area contributed by atoms with Gasteiger partial charge in [0.2, 0.25) is 5.88 Å². The van der Waals surface area contributed by atoms with Gasteiger partial charge in [0.1, 0.15) is 31.0 Å². The normalized spacial score (nSPS) is 10.9. The van der Waals surface area contributed by atoms with Crippen molar-refractivity contribution in [2.45, 2.75) is 0 Å². The number of rotatable bonds is 8. The summed E-state index contributed by atoms with van der Waals surface area (Å²) in [6, 6.07) is 15.0. The van der Waals surface area contributed by atoms with Gasteiger partial charge in [-0.05, 0) is 42.5 Å². The van der Waals surface area contributed by atoms with Crippen molar-refractivity contribution in [2.24, 2.45) is 0 Å². The van der Waals surface area contributed by atoms with Gasteiger partial charge in [0.15, 0.2) is 11.5 Å². The summed E-state index contributed by atoms with van der Waals surface area (Å²) in [5, 5.41) is 1.78. The van der Waals surface area contributed by atoms with Crippen LogP contribution in [0.25, 0.3) is 21.8 Å². The van der Waals surface area contributed by atoms with Gasteiger partial charge in [-0.15, -0.1) is 0 Å². The van der Waals surface area contributed by atoms with E-state index in [0.29, 0.717) is 41.9 Å². The van der Waals surface area contributed by atoms with Crippen LogP contribution >= 0.6 is 0 Å². The molecular weight excluding hydrogens is 408 g/mol. The minimum Gasteiger partial charge on any atom is -0.493 e. The predicted molar refractivity (Wildman–Crippen MR) is 120 cm³/mol. The highest BCUT2D eigenvalue weighted by Crippen LogP contribution is 2.36. The molecule has 8 nitrogen and oxygen atoms in total. The van der Waals surface area contributed by atoms with E-state index in [-0.39, 0.29) is 0 Å². The minimum atomic E-state index is 0.343. The van der Waals surface area contributed by atoms with Crippen LogP contribution in [-0.4, -0.2) is 40.3 Å². The molecule has 0 saturated carbocycles. The van der Waals surface area contributed by atoms with E-state index in [4.69, 9.17) is 18.9 Å². The Hall–Kier alpha value is -4.33. The molecule has 0 fully saturated rings. The average molecular weight is 428 g/mol. The molecule has 8 heteroatoms. The first-order valence-electron chi connectivity index (χ1n) is 10.0. The Labute approximate surface area is 183 Å². The number of nitrogens with zero attached hydrogens (tertiary/aromatic N) is 3. The molecule has 160 valence electrons. The Bertz CT molecular complexity index is 1350. The maximum atomic E-state index is 6.07. The van der Waals surface area contributed by atoms with E-state index in [1.54, 1.807) is 31.6 Å². The molecule has 0 aliphatic carbocycles. The zero-order chi connectivity index (χ0) is 21.8. The maximum absolute atomic E-state index is 6.07. The highest BCUT2D eigenvalue weighted by molar-refractivity contribution is 5.87. The van der Waals surface area contributed by atoms with Gasteiger partial charge in [-0.2, -0.15) is 0 Å². The Balaban J connectivity index is 1.35.